The summed E-state index contributed by atoms with van der Waals surface area (Å²) < 4.78 is 1.74. The molecule has 3 rings (SSSR count). The molecule has 0 spiro atoms. The molecule has 4 nitrogen and oxygen atoms in total. The summed E-state index contributed by atoms with van der Waals surface area (Å²) in [5.41, 5.74) is 1.33. The largest absolute Gasteiger partial charge is 0.296 e. The van der Waals surface area contributed by atoms with Crippen molar-refractivity contribution in [2.24, 2.45) is 5.92 Å². The molecule has 0 unspecified atom stereocenters. The molecule has 0 amide bonds. The molecule has 0 aliphatic heterocycles. The van der Waals surface area contributed by atoms with Gasteiger partial charge in [0.25, 0.3) is 0 Å². The van der Waals surface area contributed by atoms with E-state index in [0.717, 1.165) is 34.3 Å². The van der Waals surface area contributed by atoms with E-state index < -0.39 is 0 Å². The molecule has 0 atom stereocenters. The fraction of sp³-hybridized carbons (Fsp3) is 0.706. The van der Waals surface area contributed by atoms with Crippen LogP contribution in [-0.2, 0) is 11.8 Å². The van der Waals surface area contributed by atoms with Crippen molar-refractivity contribution in [2.75, 3.05) is 0 Å². The molecule has 0 aromatic carbocycles. The molecule has 2 aromatic rings. The summed E-state index contributed by atoms with van der Waals surface area (Å²) in [7, 11) is 0. The van der Waals surface area contributed by atoms with Gasteiger partial charge in [-0.25, -0.2) is 4.98 Å². The van der Waals surface area contributed by atoms with Crippen molar-refractivity contribution in [1.82, 2.24) is 14.6 Å². The Kier molecular flexibility index (Phi) is 4.35. The van der Waals surface area contributed by atoms with E-state index in [1.807, 2.05) is 0 Å². The first kappa shape index (κ1) is 15.7. The van der Waals surface area contributed by atoms with E-state index in [1.54, 1.807) is 15.9 Å². The molecule has 1 saturated carbocycles. The van der Waals surface area contributed by atoms with E-state index in [2.05, 4.69) is 30.9 Å². The highest BCUT2D eigenvalue weighted by Gasteiger charge is 2.25. The van der Waals surface area contributed by atoms with Gasteiger partial charge in [-0.2, -0.15) is 9.61 Å². The molecule has 1 fully saturated rings. The molecule has 5 heteroatoms. The molecule has 0 radical (unpaired) electrons. The molecule has 0 saturated heterocycles. The number of aldehydes is 1. The number of aromatic nitrogens is 3. The van der Waals surface area contributed by atoms with Crippen LogP contribution in [0, 0.1) is 5.92 Å². The first-order valence-electron chi connectivity index (χ1n) is 8.33. The molecule has 22 heavy (non-hydrogen) atoms. The van der Waals surface area contributed by atoms with Crippen molar-refractivity contribution in [3.8, 4) is 0 Å². The van der Waals surface area contributed by atoms with Gasteiger partial charge in [-0.3, -0.25) is 4.79 Å². The summed E-state index contributed by atoms with van der Waals surface area (Å²) >= 11 is 1.63. The van der Waals surface area contributed by atoms with Crippen molar-refractivity contribution in [2.45, 2.75) is 71.1 Å². The second-order valence-electron chi connectivity index (χ2n) is 7.45. The average Bonchev–Trinajstić information content (AvgIpc) is 3.02. The van der Waals surface area contributed by atoms with Gasteiger partial charge < -0.3 is 0 Å². The number of nitrogens with zero attached hydrogens (tertiary/aromatic N) is 3. The number of rotatable bonds is 4. The van der Waals surface area contributed by atoms with Gasteiger partial charge in [0.1, 0.15) is 10.7 Å². The van der Waals surface area contributed by atoms with Crippen molar-refractivity contribution < 1.29 is 4.79 Å². The molecule has 2 heterocycles. The van der Waals surface area contributed by atoms with E-state index in [4.69, 9.17) is 0 Å². The molecule has 1 aliphatic rings. The summed E-state index contributed by atoms with van der Waals surface area (Å²) in [5.74, 6) is 0.862. The van der Waals surface area contributed by atoms with E-state index >= 15 is 0 Å². The van der Waals surface area contributed by atoms with E-state index in [-0.39, 0.29) is 5.41 Å². The number of carbonyl (C=O) groups excluding carboxylic acids is 1. The zero-order chi connectivity index (χ0) is 15.7. The normalized spacial score (nSPS) is 17.2. The summed E-state index contributed by atoms with van der Waals surface area (Å²) in [4.78, 5) is 17.0. The van der Waals surface area contributed by atoms with Gasteiger partial charge >= 0.3 is 0 Å². The lowest BCUT2D eigenvalue weighted by atomic mass is 9.86. The van der Waals surface area contributed by atoms with Crippen LogP contribution in [0.5, 0.6) is 0 Å². The summed E-state index contributed by atoms with van der Waals surface area (Å²) in [6.45, 7) is 6.24. The third kappa shape index (κ3) is 3.09. The minimum atomic E-state index is -0.133. The summed E-state index contributed by atoms with van der Waals surface area (Å²) in [6, 6.07) is 0. The monoisotopic (exact) mass is 319 g/mol. The fourth-order valence-corrected chi connectivity index (χ4v) is 4.28. The number of hydrogen-bond acceptors (Lipinski definition) is 4. The molecule has 1 aliphatic carbocycles. The van der Waals surface area contributed by atoms with Gasteiger partial charge in [0.05, 0.1) is 5.69 Å². The SMILES string of the molecule is CC(C)(C)c1nc2sc(CCC3CCCCC3)nn2c1C=O. The lowest BCUT2D eigenvalue weighted by molar-refractivity contribution is 0.111. The summed E-state index contributed by atoms with van der Waals surface area (Å²) in [6.07, 6.45) is 10.0. The van der Waals surface area contributed by atoms with Gasteiger partial charge in [0, 0.05) is 11.8 Å². The van der Waals surface area contributed by atoms with Gasteiger partial charge in [0.15, 0.2) is 6.29 Å². The zero-order valence-corrected chi connectivity index (χ0v) is 14.6. The maximum Gasteiger partial charge on any atom is 0.213 e. The zero-order valence-electron chi connectivity index (χ0n) is 13.8. The van der Waals surface area contributed by atoms with Crippen LogP contribution < -0.4 is 0 Å². The van der Waals surface area contributed by atoms with Crippen LogP contribution in [0.15, 0.2) is 0 Å². The molecule has 2 aromatic heterocycles. The van der Waals surface area contributed by atoms with Crippen LogP contribution in [0.3, 0.4) is 0 Å². The highest BCUT2D eigenvalue weighted by Crippen LogP contribution is 2.30. The highest BCUT2D eigenvalue weighted by molar-refractivity contribution is 7.16. The standard InChI is InChI=1S/C17H25N3OS/c1-17(2,3)15-13(11-21)20-16(18-15)22-14(19-20)10-9-12-7-5-4-6-8-12/h11-12H,4-10H2,1-3H3. The lowest BCUT2D eigenvalue weighted by Crippen LogP contribution is -2.15. The average molecular weight is 319 g/mol. The predicted octanol–water partition coefficient (Wildman–Crippen LogP) is 4.41. The Labute approximate surface area is 135 Å². The lowest BCUT2D eigenvalue weighted by Gasteiger charge is -2.20. The van der Waals surface area contributed by atoms with Gasteiger partial charge in [-0.1, -0.05) is 64.2 Å². The number of hydrogen-bond donors (Lipinski definition) is 0. The Hall–Kier alpha value is -1.23. The van der Waals surface area contributed by atoms with Crippen molar-refractivity contribution in [1.29, 1.82) is 0 Å². The fourth-order valence-electron chi connectivity index (χ4n) is 3.37. The van der Waals surface area contributed by atoms with E-state index in [0.29, 0.717) is 5.69 Å². The van der Waals surface area contributed by atoms with Gasteiger partial charge in [-0.15, -0.1) is 0 Å². The molecular weight excluding hydrogens is 294 g/mol. The van der Waals surface area contributed by atoms with Gasteiger partial charge in [-0.05, 0) is 12.3 Å². The Morgan fingerprint density at radius 2 is 2.00 bits per heavy atom. The minimum Gasteiger partial charge on any atom is -0.296 e. The third-order valence-electron chi connectivity index (χ3n) is 4.59. The first-order chi connectivity index (χ1) is 10.5. The summed E-state index contributed by atoms with van der Waals surface area (Å²) in [5, 5.41) is 5.75. The van der Waals surface area contributed by atoms with E-state index in [9.17, 15) is 4.79 Å². The second-order valence-corrected chi connectivity index (χ2v) is 8.49. The van der Waals surface area contributed by atoms with Crippen LogP contribution in [0.2, 0.25) is 0 Å². The van der Waals surface area contributed by atoms with Crippen LogP contribution in [0.4, 0.5) is 0 Å². The molecule has 120 valence electrons. The van der Waals surface area contributed by atoms with Crippen molar-refractivity contribution >= 4 is 22.6 Å². The number of aryl methyl sites for hydroxylation is 1. The van der Waals surface area contributed by atoms with Crippen LogP contribution >= 0.6 is 11.3 Å². The quantitative estimate of drug-likeness (QED) is 0.784. The van der Waals surface area contributed by atoms with Crippen LogP contribution in [0.1, 0.15) is 80.5 Å². The van der Waals surface area contributed by atoms with Gasteiger partial charge in [0.2, 0.25) is 4.96 Å². The van der Waals surface area contributed by atoms with Crippen molar-refractivity contribution in [3.05, 3.63) is 16.4 Å². The maximum atomic E-state index is 11.5. The smallest absolute Gasteiger partial charge is 0.213 e. The molecular formula is C17H25N3OS. The second kappa shape index (κ2) is 6.11. The molecule has 0 bridgehead atoms. The Bertz CT molecular complexity index is 659. The first-order valence-corrected chi connectivity index (χ1v) is 9.15. The van der Waals surface area contributed by atoms with Crippen LogP contribution in [-0.4, -0.2) is 20.9 Å². The van der Waals surface area contributed by atoms with E-state index in [1.165, 1.54) is 38.5 Å². The van der Waals surface area contributed by atoms with Crippen molar-refractivity contribution in [3.63, 3.8) is 0 Å². The topological polar surface area (TPSA) is 47.3 Å². The Morgan fingerprint density at radius 3 is 2.64 bits per heavy atom. The maximum absolute atomic E-state index is 11.5. The number of carbonyl (C=O) groups is 1. The minimum absolute atomic E-state index is 0.133. The van der Waals surface area contributed by atoms with Crippen LogP contribution in [0.25, 0.3) is 4.96 Å². The predicted molar refractivity (Wildman–Crippen MR) is 89.8 cm³/mol. The Balaban J connectivity index is 1.78. The molecule has 0 N–H and O–H groups in total. The number of imidazole rings is 1. The number of fused-ring (bicyclic) bond motifs is 1. The third-order valence-corrected chi connectivity index (χ3v) is 5.56. The Morgan fingerprint density at radius 1 is 1.27 bits per heavy atom. The highest BCUT2D eigenvalue weighted by atomic mass is 32.1.